The number of hydrogen-bond acceptors (Lipinski definition) is 3. The molecule has 0 saturated carbocycles. The molecule has 0 bridgehead atoms. The molecule has 3 nitrogen and oxygen atoms in total. The Balaban J connectivity index is 1.56. The van der Waals surface area contributed by atoms with Gasteiger partial charge in [-0.05, 0) is 35.2 Å². The Morgan fingerprint density at radius 1 is 1.16 bits per heavy atom. The fourth-order valence-electron chi connectivity index (χ4n) is 3.04. The number of fused-ring (bicyclic) bond motifs is 1. The molecule has 1 aromatic heterocycles. The van der Waals surface area contributed by atoms with Gasteiger partial charge in [-0.2, -0.15) is 0 Å². The van der Waals surface area contributed by atoms with Crippen LogP contribution in [-0.2, 0) is 11.4 Å². The van der Waals surface area contributed by atoms with Gasteiger partial charge in [0, 0.05) is 22.8 Å². The van der Waals surface area contributed by atoms with Crippen LogP contribution in [0.25, 0.3) is 0 Å². The summed E-state index contributed by atoms with van der Waals surface area (Å²) in [6, 6.07) is 16.2. The fraction of sp³-hybridized carbons (Fsp3) is 0.150. The van der Waals surface area contributed by atoms with Crippen molar-refractivity contribution in [1.82, 2.24) is 0 Å². The molecule has 1 aliphatic heterocycles. The van der Waals surface area contributed by atoms with Gasteiger partial charge in [0.25, 0.3) is 0 Å². The standard InChI is InChI=1S/C20H16FNO2S/c21-17-7-2-1-4-14(17)12-24-15-6-3-5-13(10-15)16-11-19(23)22-18-8-9-25-20(16)18/h1-10,16H,11-12H2,(H,22,23)/t16-/m1/s1. The number of benzene rings is 2. The normalized spacial score (nSPS) is 16.2. The smallest absolute Gasteiger partial charge is 0.225 e. The van der Waals surface area contributed by atoms with Crippen molar-refractivity contribution in [3.8, 4) is 5.75 Å². The number of halogens is 1. The summed E-state index contributed by atoms with van der Waals surface area (Å²) in [6.45, 7) is 0.172. The lowest BCUT2D eigenvalue weighted by Crippen LogP contribution is -2.21. The van der Waals surface area contributed by atoms with E-state index in [-0.39, 0.29) is 24.2 Å². The average Bonchev–Trinajstić information content (AvgIpc) is 3.09. The highest BCUT2D eigenvalue weighted by atomic mass is 32.1. The van der Waals surface area contributed by atoms with Crippen molar-refractivity contribution < 1.29 is 13.9 Å². The lowest BCUT2D eigenvalue weighted by atomic mass is 9.90. The number of rotatable bonds is 4. The quantitative estimate of drug-likeness (QED) is 0.721. The van der Waals surface area contributed by atoms with Crippen LogP contribution >= 0.6 is 11.3 Å². The molecule has 5 heteroatoms. The molecule has 126 valence electrons. The van der Waals surface area contributed by atoms with Crippen LogP contribution in [0, 0.1) is 5.82 Å². The maximum absolute atomic E-state index is 13.7. The maximum atomic E-state index is 13.7. The van der Waals surface area contributed by atoms with Crippen LogP contribution in [0.15, 0.2) is 60.0 Å². The molecule has 25 heavy (non-hydrogen) atoms. The van der Waals surface area contributed by atoms with Gasteiger partial charge in [-0.3, -0.25) is 4.79 Å². The zero-order valence-electron chi connectivity index (χ0n) is 13.4. The first-order valence-electron chi connectivity index (χ1n) is 8.04. The first kappa shape index (κ1) is 15.8. The Labute approximate surface area is 149 Å². The predicted octanol–water partition coefficient (Wildman–Crippen LogP) is 4.94. The molecule has 2 heterocycles. The number of amides is 1. The zero-order chi connectivity index (χ0) is 17.2. The van der Waals surface area contributed by atoms with Crippen molar-refractivity contribution in [2.45, 2.75) is 18.9 Å². The van der Waals surface area contributed by atoms with Gasteiger partial charge < -0.3 is 10.1 Å². The molecule has 3 aromatic rings. The van der Waals surface area contributed by atoms with Crippen LogP contribution in [0.4, 0.5) is 10.1 Å². The number of ether oxygens (including phenoxy) is 1. The van der Waals surface area contributed by atoms with E-state index in [4.69, 9.17) is 4.74 Å². The molecule has 0 fully saturated rings. The monoisotopic (exact) mass is 353 g/mol. The molecule has 0 saturated heterocycles. The minimum atomic E-state index is -0.272. The second kappa shape index (κ2) is 6.69. The second-order valence-electron chi connectivity index (χ2n) is 5.96. The predicted molar refractivity (Wildman–Crippen MR) is 96.6 cm³/mol. The van der Waals surface area contributed by atoms with E-state index >= 15 is 0 Å². The molecule has 0 spiro atoms. The molecule has 1 N–H and O–H groups in total. The Morgan fingerprint density at radius 2 is 2.04 bits per heavy atom. The van der Waals surface area contributed by atoms with E-state index < -0.39 is 0 Å². The molecule has 1 amide bonds. The SMILES string of the molecule is O=C1C[C@H](c2cccc(OCc3ccccc3F)c2)c2sccc2N1. The zero-order valence-corrected chi connectivity index (χ0v) is 14.2. The number of carbonyl (C=O) groups is 1. The van der Waals surface area contributed by atoms with Gasteiger partial charge in [0.15, 0.2) is 0 Å². The van der Waals surface area contributed by atoms with Crippen LogP contribution in [-0.4, -0.2) is 5.91 Å². The first-order chi connectivity index (χ1) is 12.2. The van der Waals surface area contributed by atoms with E-state index in [1.165, 1.54) is 6.07 Å². The first-order valence-corrected chi connectivity index (χ1v) is 8.92. The molecular weight excluding hydrogens is 337 g/mol. The van der Waals surface area contributed by atoms with E-state index in [0.717, 1.165) is 16.1 Å². The van der Waals surface area contributed by atoms with Crippen LogP contribution in [0.5, 0.6) is 5.75 Å². The van der Waals surface area contributed by atoms with Crippen LogP contribution in [0.2, 0.25) is 0 Å². The molecule has 0 unspecified atom stereocenters. The highest BCUT2D eigenvalue weighted by Crippen LogP contribution is 2.41. The number of nitrogens with one attached hydrogen (secondary N) is 1. The lowest BCUT2D eigenvalue weighted by Gasteiger charge is -2.23. The van der Waals surface area contributed by atoms with Crippen LogP contribution in [0.3, 0.4) is 0 Å². The third-order valence-corrected chi connectivity index (χ3v) is 5.32. The van der Waals surface area contributed by atoms with Crippen molar-refractivity contribution in [1.29, 1.82) is 0 Å². The molecule has 4 rings (SSSR count). The van der Waals surface area contributed by atoms with Crippen LogP contribution in [0.1, 0.15) is 28.3 Å². The summed E-state index contributed by atoms with van der Waals surface area (Å²) in [5.74, 6) is 0.449. The minimum Gasteiger partial charge on any atom is -0.489 e. The third kappa shape index (κ3) is 3.28. The van der Waals surface area contributed by atoms with E-state index in [9.17, 15) is 9.18 Å². The summed E-state index contributed by atoms with van der Waals surface area (Å²) < 4.78 is 19.5. The summed E-state index contributed by atoms with van der Waals surface area (Å²) in [5, 5.41) is 4.89. The van der Waals surface area contributed by atoms with Crippen molar-refractivity contribution in [3.63, 3.8) is 0 Å². The van der Waals surface area contributed by atoms with Crippen LogP contribution < -0.4 is 10.1 Å². The lowest BCUT2D eigenvalue weighted by molar-refractivity contribution is -0.116. The molecule has 0 aliphatic carbocycles. The second-order valence-corrected chi connectivity index (χ2v) is 6.90. The van der Waals surface area contributed by atoms with Crippen molar-refractivity contribution in [2.75, 3.05) is 5.32 Å². The minimum absolute atomic E-state index is 0.0218. The van der Waals surface area contributed by atoms with Gasteiger partial charge in [-0.15, -0.1) is 11.3 Å². The number of hydrogen-bond donors (Lipinski definition) is 1. The summed E-state index contributed by atoms with van der Waals surface area (Å²) in [6.07, 6.45) is 0.421. The average molecular weight is 353 g/mol. The van der Waals surface area contributed by atoms with E-state index in [1.807, 2.05) is 35.7 Å². The molecular formula is C20H16FNO2S. The third-order valence-electron chi connectivity index (χ3n) is 4.29. The Hall–Kier alpha value is -2.66. The van der Waals surface area contributed by atoms with E-state index in [2.05, 4.69) is 5.32 Å². The van der Waals surface area contributed by atoms with Gasteiger partial charge in [0.1, 0.15) is 18.2 Å². The fourth-order valence-corrected chi connectivity index (χ4v) is 4.02. The van der Waals surface area contributed by atoms with Gasteiger partial charge >= 0.3 is 0 Å². The van der Waals surface area contributed by atoms with E-state index in [1.54, 1.807) is 29.5 Å². The van der Waals surface area contributed by atoms with Crippen molar-refractivity contribution in [2.24, 2.45) is 0 Å². The van der Waals surface area contributed by atoms with Gasteiger partial charge in [0.05, 0.1) is 5.69 Å². The highest BCUT2D eigenvalue weighted by molar-refractivity contribution is 7.10. The van der Waals surface area contributed by atoms with Gasteiger partial charge in [0.2, 0.25) is 5.91 Å². The largest absolute Gasteiger partial charge is 0.489 e. The number of carbonyl (C=O) groups excluding carboxylic acids is 1. The van der Waals surface area contributed by atoms with E-state index in [0.29, 0.717) is 17.7 Å². The number of anilines is 1. The molecule has 1 aliphatic rings. The van der Waals surface area contributed by atoms with Crippen molar-refractivity contribution >= 4 is 22.9 Å². The van der Waals surface area contributed by atoms with Gasteiger partial charge in [-0.25, -0.2) is 4.39 Å². The molecule has 2 aromatic carbocycles. The summed E-state index contributed by atoms with van der Waals surface area (Å²) in [5.41, 5.74) is 2.44. The topological polar surface area (TPSA) is 38.3 Å². The Kier molecular flexibility index (Phi) is 4.24. The molecule has 1 atom stereocenters. The Bertz CT molecular complexity index is 921. The number of thiophene rings is 1. The summed E-state index contributed by atoms with van der Waals surface area (Å²) in [7, 11) is 0. The maximum Gasteiger partial charge on any atom is 0.225 e. The summed E-state index contributed by atoms with van der Waals surface area (Å²) in [4.78, 5) is 13.1. The van der Waals surface area contributed by atoms with Gasteiger partial charge in [-0.1, -0.05) is 30.3 Å². The Morgan fingerprint density at radius 3 is 2.92 bits per heavy atom. The highest BCUT2D eigenvalue weighted by Gasteiger charge is 2.27. The molecule has 0 radical (unpaired) electrons. The van der Waals surface area contributed by atoms with Crippen molar-refractivity contribution in [3.05, 3.63) is 81.8 Å². The summed E-state index contributed by atoms with van der Waals surface area (Å²) >= 11 is 1.64.